The topological polar surface area (TPSA) is 66.8 Å². The maximum Gasteiger partial charge on any atom is 0.310 e. The van der Waals surface area contributed by atoms with E-state index < -0.39 is 11.9 Å². The molecule has 0 aliphatic heterocycles. The Balaban J connectivity index is 1.88. The van der Waals surface area contributed by atoms with Crippen molar-refractivity contribution in [3.8, 4) is 5.75 Å². The van der Waals surface area contributed by atoms with Crippen LogP contribution in [0.15, 0.2) is 54.6 Å². The number of ether oxygens (including phenoxy) is 1. The quantitative estimate of drug-likeness (QED) is 0.595. The summed E-state index contributed by atoms with van der Waals surface area (Å²) in [4.78, 5) is 11.5. The van der Waals surface area contributed by atoms with Crippen LogP contribution in [0.1, 0.15) is 49.1 Å². The van der Waals surface area contributed by atoms with Gasteiger partial charge in [-0.05, 0) is 36.1 Å². The molecule has 0 radical (unpaired) electrons. The molecule has 25 heavy (non-hydrogen) atoms. The first-order chi connectivity index (χ1) is 12.2. The average molecular weight is 342 g/mol. The third-order valence-electron chi connectivity index (χ3n) is 4.23. The SMILES string of the molecule is O=C(O)C(CCCCCCO)c1ccc(OCc2ccccc2)cc1. The Morgan fingerprint density at radius 2 is 1.60 bits per heavy atom. The largest absolute Gasteiger partial charge is 0.489 e. The standard InChI is InChI=1S/C21H26O4/c22-15-7-2-1-6-10-20(21(23)24)18-11-13-19(14-12-18)25-16-17-8-4-3-5-9-17/h3-5,8-9,11-14,20,22H,1-2,6-7,10,15-16H2,(H,23,24). The van der Waals surface area contributed by atoms with E-state index in [0.29, 0.717) is 13.0 Å². The summed E-state index contributed by atoms with van der Waals surface area (Å²) in [5.41, 5.74) is 1.90. The first kappa shape index (κ1) is 19.0. The van der Waals surface area contributed by atoms with Crippen molar-refractivity contribution in [3.05, 3.63) is 65.7 Å². The Kier molecular flexibility index (Phi) is 7.99. The highest BCUT2D eigenvalue weighted by atomic mass is 16.5. The van der Waals surface area contributed by atoms with E-state index in [9.17, 15) is 9.90 Å². The molecule has 0 bridgehead atoms. The van der Waals surface area contributed by atoms with E-state index >= 15 is 0 Å². The van der Waals surface area contributed by atoms with Gasteiger partial charge >= 0.3 is 5.97 Å². The summed E-state index contributed by atoms with van der Waals surface area (Å²) in [5, 5.41) is 18.3. The number of rotatable bonds is 11. The highest BCUT2D eigenvalue weighted by Crippen LogP contribution is 2.25. The van der Waals surface area contributed by atoms with Gasteiger partial charge in [-0.3, -0.25) is 4.79 Å². The summed E-state index contributed by atoms with van der Waals surface area (Å²) in [5.74, 6) is -0.544. The highest BCUT2D eigenvalue weighted by molar-refractivity contribution is 5.76. The summed E-state index contributed by atoms with van der Waals surface area (Å²) in [6, 6.07) is 17.3. The van der Waals surface area contributed by atoms with Crippen molar-refractivity contribution in [1.29, 1.82) is 0 Å². The van der Waals surface area contributed by atoms with Crippen molar-refractivity contribution in [2.24, 2.45) is 0 Å². The lowest BCUT2D eigenvalue weighted by Crippen LogP contribution is -2.11. The smallest absolute Gasteiger partial charge is 0.310 e. The first-order valence-corrected chi connectivity index (χ1v) is 8.81. The second-order valence-electron chi connectivity index (χ2n) is 6.16. The zero-order chi connectivity index (χ0) is 17.9. The third-order valence-corrected chi connectivity index (χ3v) is 4.23. The van der Waals surface area contributed by atoms with E-state index in [1.165, 1.54) is 0 Å². The first-order valence-electron chi connectivity index (χ1n) is 8.81. The monoisotopic (exact) mass is 342 g/mol. The fourth-order valence-corrected chi connectivity index (χ4v) is 2.78. The van der Waals surface area contributed by atoms with E-state index in [4.69, 9.17) is 9.84 Å². The number of carbonyl (C=O) groups is 1. The lowest BCUT2D eigenvalue weighted by Gasteiger charge is -2.14. The maximum atomic E-state index is 11.5. The van der Waals surface area contributed by atoms with Crippen LogP contribution in [0.4, 0.5) is 0 Å². The predicted molar refractivity (Wildman–Crippen MR) is 97.8 cm³/mol. The van der Waals surface area contributed by atoms with Crippen LogP contribution in [-0.2, 0) is 11.4 Å². The molecule has 1 unspecified atom stereocenters. The molecule has 1 atom stereocenters. The number of aliphatic hydroxyl groups excluding tert-OH is 1. The van der Waals surface area contributed by atoms with Gasteiger partial charge in [0.25, 0.3) is 0 Å². The van der Waals surface area contributed by atoms with E-state index in [-0.39, 0.29) is 6.61 Å². The van der Waals surface area contributed by atoms with Gasteiger partial charge in [0.05, 0.1) is 5.92 Å². The van der Waals surface area contributed by atoms with Gasteiger partial charge in [0, 0.05) is 6.61 Å². The molecular formula is C21H26O4. The van der Waals surface area contributed by atoms with Crippen molar-refractivity contribution in [2.75, 3.05) is 6.61 Å². The number of carboxylic acids is 1. The molecule has 4 nitrogen and oxygen atoms in total. The molecule has 0 spiro atoms. The Labute approximate surface area is 149 Å². The second-order valence-corrected chi connectivity index (χ2v) is 6.16. The molecule has 0 heterocycles. The lowest BCUT2D eigenvalue weighted by atomic mass is 9.93. The van der Waals surface area contributed by atoms with Gasteiger partial charge < -0.3 is 14.9 Å². The molecule has 0 fully saturated rings. The van der Waals surface area contributed by atoms with Crippen LogP contribution in [0.5, 0.6) is 5.75 Å². The fraction of sp³-hybridized carbons (Fsp3) is 0.381. The van der Waals surface area contributed by atoms with Crippen LogP contribution in [0.25, 0.3) is 0 Å². The molecule has 0 aromatic heterocycles. The van der Waals surface area contributed by atoms with Crippen LogP contribution in [0.2, 0.25) is 0 Å². The molecule has 4 heteroatoms. The van der Waals surface area contributed by atoms with Gasteiger partial charge in [-0.25, -0.2) is 0 Å². The van der Waals surface area contributed by atoms with Gasteiger partial charge in [0.1, 0.15) is 12.4 Å². The molecule has 0 aliphatic carbocycles. The minimum Gasteiger partial charge on any atom is -0.489 e. The summed E-state index contributed by atoms with van der Waals surface area (Å²) in [6.45, 7) is 0.695. The zero-order valence-corrected chi connectivity index (χ0v) is 14.4. The average Bonchev–Trinajstić information content (AvgIpc) is 2.64. The van der Waals surface area contributed by atoms with E-state index in [1.807, 2.05) is 54.6 Å². The number of unbranched alkanes of at least 4 members (excludes halogenated alkanes) is 3. The van der Waals surface area contributed by atoms with E-state index in [1.54, 1.807) is 0 Å². The van der Waals surface area contributed by atoms with Gasteiger partial charge in [0.15, 0.2) is 0 Å². The highest BCUT2D eigenvalue weighted by Gasteiger charge is 2.19. The summed E-state index contributed by atoms with van der Waals surface area (Å²) in [6.07, 6.45) is 4.14. The van der Waals surface area contributed by atoms with Gasteiger partial charge in [0.2, 0.25) is 0 Å². The molecule has 0 saturated carbocycles. The fourth-order valence-electron chi connectivity index (χ4n) is 2.78. The molecule has 2 rings (SSSR count). The van der Waals surface area contributed by atoms with Crippen molar-refractivity contribution >= 4 is 5.97 Å². The molecule has 0 saturated heterocycles. The van der Waals surface area contributed by atoms with Gasteiger partial charge in [-0.15, -0.1) is 0 Å². The van der Waals surface area contributed by atoms with Gasteiger partial charge in [-0.1, -0.05) is 61.7 Å². The summed E-state index contributed by atoms with van der Waals surface area (Å²) in [7, 11) is 0. The van der Waals surface area contributed by atoms with E-state index in [2.05, 4.69) is 0 Å². The van der Waals surface area contributed by atoms with Crippen LogP contribution < -0.4 is 4.74 Å². The summed E-state index contributed by atoms with van der Waals surface area (Å²) >= 11 is 0. The number of hydrogen-bond acceptors (Lipinski definition) is 3. The van der Waals surface area contributed by atoms with Crippen molar-refractivity contribution in [3.63, 3.8) is 0 Å². The number of aliphatic carboxylic acids is 1. The molecule has 0 amide bonds. The Bertz CT molecular complexity index is 622. The maximum absolute atomic E-state index is 11.5. The predicted octanol–water partition coefficient (Wildman–Crippen LogP) is 4.38. The molecule has 2 N–H and O–H groups in total. The minimum absolute atomic E-state index is 0.201. The Morgan fingerprint density at radius 1 is 0.920 bits per heavy atom. The molecular weight excluding hydrogens is 316 g/mol. The number of aliphatic hydroxyl groups is 1. The lowest BCUT2D eigenvalue weighted by molar-refractivity contribution is -0.139. The van der Waals surface area contributed by atoms with Crippen molar-refractivity contribution < 1.29 is 19.7 Å². The van der Waals surface area contributed by atoms with E-state index in [0.717, 1.165) is 42.6 Å². The van der Waals surface area contributed by atoms with Gasteiger partial charge in [-0.2, -0.15) is 0 Å². The number of hydrogen-bond donors (Lipinski definition) is 2. The molecule has 2 aromatic rings. The minimum atomic E-state index is -0.792. The normalized spacial score (nSPS) is 11.9. The third kappa shape index (κ3) is 6.59. The Hall–Kier alpha value is -2.33. The Morgan fingerprint density at radius 3 is 2.24 bits per heavy atom. The molecule has 2 aromatic carbocycles. The number of benzene rings is 2. The molecule has 0 aliphatic rings. The molecule has 134 valence electrons. The van der Waals surface area contributed by atoms with Crippen LogP contribution in [0, 0.1) is 0 Å². The van der Waals surface area contributed by atoms with Crippen LogP contribution in [0.3, 0.4) is 0 Å². The van der Waals surface area contributed by atoms with Crippen LogP contribution in [-0.4, -0.2) is 22.8 Å². The second kappa shape index (κ2) is 10.5. The number of carboxylic acid groups (broad SMARTS) is 1. The van der Waals surface area contributed by atoms with Crippen LogP contribution >= 0.6 is 0 Å². The van der Waals surface area contributed by atoms with Crippen molar-refractivity contribution in [2.45, 2.75) is 44.6 Å². The summed E-state index contributed by atoms with van der Waals surface area (Å²) < 4.78 is 5.74. The zero-order valence-electron chi connectivity index (χ0n) is 14.4. The van der Waals surface area contributed by atoms with Crippen molar-refractivity contribution in [1.82, 2.24) is 0 Å².